The minimum Gasteiger partial charge on any atom is -0.322 e. The second-order valence-corrected chi connectivity index (χ2v) is 9.37. The molecular formula is C25H24N4O3S. The molecule has 1 aromatic carbocycles. The normalized spacial score (nSPS) is 15.3. The van der Waals surface area contributed by atoms with Crippen LogP contribution in [0.1, 0.15) is 56.8 Å². The molecular weight excluding hydrogens is 436 g/mol. The van der Waals surface area contributed by atoms with E-state index >= 15 is 0 Å². The van der Waals surface area contributed by atoms with Crippen LogP contribution < -0.4 is 15.5 Å². The first-order valence-corrected chi connectivity index (χ1v) is 12.0. The van der Waals surface area contributed by atoms with Crippen molar-refractivity contribution < 1.29 is 14.4 Å². The predicted molar refractivity (Wildman–Crippen MR) is 129 cm³/mol. The Balaban J connectivity index is 1.38. The Kier molecular flexibility index (Phi) is 5.92. The van der Waals surface area contributed by atoms with Crippen LogP contribution >= 0.6 is 11.3 Å². The molecule has 3 aromatic rings. The molecule has 1 aliphatic carbocycles. The van der Waals surface area contributed by atoms with Gasteiger partial charge in [-0.3, -0.25) is 19.4 Å². The van der Waals surface area contributed by atoms with Gasteiger partial charge in [0.05, 0.1) is 11.1 Å². The average Bonchev–Trinajstić information content (AvgIpc) is 3.43. The summed E-state index contributed by atoms with van der Waals surface area (Å²) in [5, 5.41) is 6.49. The number of benzene rings is 1. The lowest BCUT2D eigenvalue weighted by Crippen LogP contribution is -2.23. The first-order chi connectivity index (χ1) is 16.1. The summed E-state index contributed by atoms with van der Waals surface area (Å²) in [5.41, 5.74) is 3.51. The number of anilines is 3. The molecule has 7 nitrogen and oxygen atoms in total. The fourth-order valence-electron chi connectivity index (χ4n) is 4.41. The second kappa shape index (κ2) is 9.15. The third-order valence-corrected chi connectivity index (χ3v) is 7.27. The van der Waals surface area contributed by atoms with E-state index in [1.807, 2.05) is 24.3 Å². The summed E-state index contributed by atoms with van der Waals surface area (Å²) in [7, 11) is 0. The molecule has 2 aromatic heterocycles. The maximum atomic E-state index is 13.3. The van der Waals surface area contributed by atoms with Crippen LogP contribution in [-0.4, -0.2) is 29.3 Å². The van der Waals surface area contributed by atoms with Crippen molar-refractivity contribution in [3.63, 3.8) is 0 Å². The second-order valence-electron chi connectivity index (χ2n) is 8.26. The number of thiophene rings is 1. The number of aromatic nitrogens is 1. The maximum Gasteiger partial charge on any atom is 0.258 e. The summed E-state index contributed by atoms with van der Waals surface area (Å²) in [5.74, 6) is -0.387. The lowest BCUT2D eigenvalue weighted by atomic mass is 9.95. The largest absolute Gasteiger partial charge is 0.322 e. The third-order valence-electron chi connectivity index (χ3n) is 6.06. The van der Waals surface area contributed by atoms with Crippen LogP contribution in [0, 0.1) is 0 Å². The van der Waals surface area contributed by atoms with Crippen molar-refractivity contribution in [3.05, 3.63) is 70.4 Å². The fraction of sp³-hybridized carbons (Fsp3) is 0.280. The molecule has 2 aliphatic rings. The molecule has 33 heavy (non-hydrogen) atoms. The third kappa shape index (κ3) is 4.39. The van der Waals surface area contributed by atoms with Gasteiger partial charge >= 0.3 is 0 Å². The molecule has 3 amide bonds. The molecule has 1 aliphatic heterocycles. The first kappa shape index (κ1) is 21.3. The molecule has 8 heteroatoms. The summed E-state index contributed by atoms with van der Waals surface area (Å²) in [6.45, 7) is 0.728. The summed E-state index contributed by atoms with van der Waals surface area (Å²) < 4.78 is 0. The minimum atomic E-state index is -0.282. The van der Waals surface area contributed by atoms with Crippen LogP contribution in [0.5, 0.6) is 0 Å². The highest BCUT2D eigenvalue weighted by Gasteiger charge is 2.27. The van der Waals surface area contributed by atoms with E-state index in [1.165, 1.54) is 17.5 Å². The molecule has 168 valence electrons. The van der Waals surface area contributed by atoms with Gasteiger partial charge in [0.15, 0.2) is 0 Å². The van der Waals surface area contributed by atoms with Crippen molar-refractivity contribution >= 4 is 45.4 Å². The highest BCUT2D eigenvalue weighted by atomic mass is 32.1. The number of pyridine rings is 1. The van der Waals surface area contributed by atoms with Crippen molar-refractivity contribution in [2.45, 2.75) is 38.5 Å². The van der Waals surface area contributed by atoms with Gasteiger partial charge in [0.2, 0.25) is 5.91 Å². The van der Waals surface area contributed by atoms with E-state index in [2.05, 4.69) is 15.6 Å². The van der Waals surface area contributed by atoms with Crippen molar-refractivity contribution in [3.8, 4) is 0 Å². The summed E-state index contributed by atoms with van der Waals surface area (Å²) >= 11 is 1.49. The molecule has 1 saturated heterocycles. The highest BCUT2D eigenvalue weighted by molar-refractivity contribution is 7.17. The molecule has 0 spiro atoms. The number of aryl methyl sites for hydroxylation is 1. The van der Waals surface area contributed by atoms with Crippen LogP contribution in [0.3, 0.4) is 0 Å². The van der Waals surface area contributed by atoms with Gasteiger partial charge in [0.1, 0.15) is 5.00 Å². The molecule has 5 rings (SSSR count). The van der Waals surface area contributed by atoms with E-state index in [4.69, 9.17) is 0 Å². The average molecular weight is 461 g/mol. The lowest BCUT2D eigenvalue weighted by molar-refractivity contribution is -0.117. The number of carbonyl (C=O) groups is 3. The smallest absolute Gasteiger partial charge is 0.258 e. The maximum absolute atomic E-state index is 13.3. The van der Waals surface area contributed by atoms with Crippen molar-refractivity contribution in [1.29, 1.82) is 0 Å². The summed E-state index contributed by atoms with van der Waals surface area (Å²) in [4.78, 5) is 45.0. The van der Waals surface area contributed by atoms with Gasteiger partial charge in [-0.05, 0) is 74.1 Å². The van der Waals surface area contributed by atoms with E-state index < -0.39 is 0 Å². The number of nitrogens with one attached hydrogen (secondary N) is 2. The predicted octanol–water partition coefficient (Wildman–Crippen LogP) is 4.65. The minimum absolute atomic E-state index is 0.130. The number of amides is 3. The van der Waals surface area contributed by atoms with Crippen molar-refractivity contribution in [2.24, 2.45) is 0 Å². The zero-order valence-corrected chi connectivity index (χ0v) is 18.9. The Bertz CT molecular complexity index is 1200. The number of nitrogens with zero attached hydrogens (tertiary/aromatic N) is 2. The number of hydrogen-bond acceptors (Lipinski definition) is 5. The van der Waals surface area contributed by atoms with E-state index in [0.29, 0.717) is 28.2 Å². The zero-order chi connectivity index (χ0) is 22.8. The molecule has 1 fully saturated rings. The Morgan fingerprint density at radius 3 is 2.48 bits per heavy atom. The lowest BCUT2D eigenvalue weighted by Gasteiger charge is -2.16. The molecule has 3 heterocycles. The van der Waals surface area contributed by atoms with Crippen molar-refractivity contribution in [1.82, 2.24) is 4.98 Å². The topological polar surface area (TPSA) is 91.4 Å². The molecule has 0 saturated carbocycles. The van der Waals surface area contributed by atoms with E-state index in [9.17, 15) is 14.4 Å². The molecule has 0 unspecified atom stereocenters. The number of hydrogen-bond donors (Lipinski definition) is 2. The monoisotopic (exact) mass is 460 g/mol. The summed E-state index contributed by atoms with van der Waals surface area (Å²) in [6.07, 6.45) is 8.43. The summed E-state index contributed by atoms with van der Waals surface area (Å²) in [6, 6.07) is 10.7. The highest BCUT2D eigenvalue weighted by Crippen LogP contribution is 2.39. The van der Waals surface area contributed by atoms with Crippen LogP contribution in [0.15, 0.2) is 48.8 Å². The number of fused-ring (bicyclic) bond motifs is 1. The zero-order valence-electron chi connectivity index (χ0n) is 18.1. The fourth-order valence-corrected chi connectivity index (χ4v) is 5.69. The number of carbonyl (C=O) groups excluding carboxylic acids is 3. The van der Waals surface area contributed by atoms with Crippen molar-refractivity contribution in [2.75, 3.05) is 22.1 Å². The standard InChI is InChI=1S/C25H24N4O3S/c30-21-8-4-14-29(21)18-11-9-17(10-12-18)27-24(32)22-19-6-1-2-7-20(19)33-25(22)28-23(31)16-5-3-13-26-15-16/h3,5,9-13,15H,1-2,4,6-8,14H2,(H,27,32)(H,28,31). The van der Waals surface area contributed by atoms with Crippen LogP contribution in [0.4, 0.5) is 16.4 Å². The van der Waals surface area contributed by atoms with E-state index in [-0.39, 0.29) is 17.7 Å². The van der Waals surface area contributed by atoms with Gasteiger partial charge in [-0.15, -0.1) is 11.3 Å². The Labute approximate surface area is 195 Å². The Morgan fingerprint density at radius 2 is 1.76 bits per heavy atom. The van der Waals surface area contributed by atoms with Gasteiger partial charge in [-0.2, -0.15) is 0 Å². The van der Waals surface area contributed by atoms with Gasteiger partial charge in [-0.1, -0.05) is 0 Å². The van der Waals surface area contributed by atoms with Gasteiger partial charge in [0, 0.05) is 41.6 Å². The molecule has 0 radical (unpaired) electrons. The van der Waals surface area contributed by atoms with Crippen LogP contribution in [-0.2, 0) is 17.6 Å². The molecule has 2 N–H and O–H groups in total. The number of rotatable bonds is 5. The van der Waals surface area contributed by atoms with Crippen LogP contribution in [0.2, 0.25) is 0 Å². The Hall–Kier alpha value is -3.52. The molecule has 0 bridgehead atoms. The molecule has 0 atom stereocenters. The van der Waals surface area contributed by atoms with E-state index in [0.717, 1.165) is 54.8 Å². The quantitative estimate of drug-likeness (QED) is 0.580. The van der Waals surface area contributed by atoms with Gasteiger partial charge in [-0.25, -0.2) is 0 Å². The first-order valence-electron chi connectivity index (χ1n) is 11.2. The Morgan fingerprint density at radius 1 is 0.939 bits per heavy atom. The van der Waals surface area contributed by atoms with Gasteiger partial charge in [0.25, 0.3) is 11.8 Å². The SMILES string of the molecule is O=C(Nc1sc2c(c1C(=O)Nc1ccc(N3CCCC3=O)cc1)CCCC2)c1cccnc1. The van der Waals surface area contributed by atoms with Gasteiger partial charge < -0.3 is 15.5 Å². The van der Waals surface area contributed by atoms with Crippen LogP contribution in [0.25, 0.3) is 0 Å². The van der Waals surface area contributed by atoms with E-state index in [1.54, 1.807) is 23.2 Å².